The highest BCUT2D eigenvalue weighted by Gasteiger charge is 2.17. The lowest BCUT2D eigenvalue weighted by molar-refractivity contribution is 0.100. The van der Waals surface area contributed by atoms with Crippen molar-refractivity contribution in [3.8, 4) is 0 Å². The largest absolute Gasteiger partial charge is 0.398 e. The van der Waals surface area contributed by atoms with Crippen LogP contribution in [0.25, 0.3) is 0 Å². The zero-order valence-electron chi connectivity index (χ0n) is 11.7. The molecule has 1 saturated heterocycles. The molecule has 0 radical (unpaired) electrons. The molecule has 1 aromatic carbocycles. The molecule has 0 aromatic heterocycles. The molecule has 1 heterocycles. The summed E-state index contributed by atoms with van der Waals surface area (Å²) >= 11 is 0. The molecule has 1 aliphatic heterocycles. The topological polar surface area (TPSA) is 84.4 Å². The number of primary amides is 1. The van der Waals surface area contributed by atoms with Gasteiger partial charge in [0.1, 0.15) is 5.82 Å². The van der Waals surface area contributed by atoms with Crippen LogP contribution in [0.2, 0.25) is 0 Å². The lowest BCUT2D eigenvalue weighted by Gasteiger charge is -2.29. The molecule has 0 saturated carbocycles. The van der Waals surface area contributed by atoms with E-state index in [2.05, 4.69) is 17.3 Å². The van der Waals surface area contributed by atoms with Crippen LogP contribution in [0.4, 0.5) is 15.8 Å². The number of nitrogens with one attached hydrogen (secondary N) is 1. The van der Waals surface area contributed by atoms with E-state index in [1.165, 1.54) is 6.07 Å². The van der Waals surface area contributed by atoms with Gasteiger partial charge in [-0.05, 0) is 51.0 Å². The maximum atomic E-state index is 13.8. The zero-order chi connectivity index (χ0) is 14.7. The van der Waals surface area contributed by atoms with E-state index in [1.54, 1.807) is 0 Å². The van der Waals surface area contributed by atoms with Crippen LogP contribution >= 0.6 is 0 Å². The lowest BCUT2D eigenvalue weighted by atomic mass is 9.97. The number of carbonyl (C=O) groups excluding carboxylic acids is 1. The Bertz CT molecular complexity index is 498. The van der Waals surface area contributed by atoms with Crippen molar-refractivity contribution < 1.29 is 9.18 Å². The number of nitrogens with two attached hydrogens (primary N) is 2. The normalized spacial score (nSPS) is 17.1. The van der Waals surface area contributed by atoms with E-state index in [0.717, 1.165) is 32.0 Å². The highest BCUT2D eigenvalue weighted by molar-refractivity contribution is 5.99. The van der Waals surface area contributed by atoms with Gasteiger partial charge in [0, 0.05) is 12.2 Å². The van der Waals surface area contributed by atoms with Crippen molar-refractivity contribution in [2.75, 3.05) is 37.7 Å². The fraction of sp³-hybridized carbons (Fsp3) is 0.500. The highest BCUT2D eigenvalue weighted by atomic mass is 19.1. The predicted molar refractivity (Wildman–Crippen MR) is 78.0 cm³/mol. The Morgan fingerprint density at radius 1 is 1.45 bits per heavy atom. The summed E-state index contributed by atoms with van der Waals surface area (Å²) in [6.45, 7) is 2.80. The molecule has 0 spiro atoms. The van der Waals surface area contributed by atoms with Crippen LogP contribution in [-0.2, 0) is 0 Å². The minimum atomic E-state index is -0.648. The van der Waals surface area contributed by atoms with E-state index in [9.17, 15) is 9.18 Å². The molecule has 0 atom stereocenters. The number of likely N-dealkylation sites (tertiary alicyclic amines) is 1. The summed E-state index contributed by atoms with van der Waals surface area (Å²) in [5.74, 6) is -0.592. The maximum Gasteiger partial charge on any atom is 0.250 e. The lowest BCUT2D eigenvalue weighted by Crippen LogP contribution is -2.33. The Balaban J connectivity index is 2.02. The molecule has 2 rings (SSSR count). The summed E-state index contributed by atoms with van der Waals surface area (Å²) < 4.78 is 13.8. The van der Waals surface area contributed by atoms with E-state index in [4.69, 9.17) is 11.5 Å². The van der Waals surface area contributed by atoms with Crippen molar-refractivity contribution in [2.45, 2.75) is 12.8 Å². The number of rotatable bonds is 4. The number of benzene rings is 1. The Morgan fingerprint density at radius 2 is 2.10 bits per heavy atom. The van der Waals surface area contributed by atoms with Crippen LogP contribution in [0.5, 0.6) is 0 Å². The van der Waals surface area contributed by atoms with Crippen molar-refractivity contribution >= 4 is 17.3 Å². The van der Waals surface area contributed by atoms with Crippen LogP contribution in [0.1, 0.15) is 23.2 Å². The predicted octanol–water partition coefficient (Wildman–Crippen LogP) is 1.26. The second-order valence-electron chi connectivity index (χ2n) is 5.41. The number of nitrogen functional groups attached to an aromatic ring is 1. The summed E-state index contributed by atoms with van der Waals surface area (Å²) in [5.41, 5.74) is 11.3. The first-order chi connectivity index (χ1) is 9.47. The first-order valence-corrected chi connectivity index (χ1v) is 6.78. The molecular weight excluding hydrogens is 259 g/mol. The van der Waals surface area contributed by atoms with Crippen LogP contribution < -0.4 is 16.8 Å². The smallest absolute Gasteiger partial charge is 0.250 e. The molecule has 1 aliphatic rings. The average molecular weight is 280 g/mol. The number of piperidine rings is 1. The quantitative estimate of drug-likeness (QED) is 0.725. The van der Waals surface area contributed by atoms with E-state index in [0.29, 0.717) is 12.5 Å². The third-order valence-corrected chi connectivity index (χ3v) is 3.82. The van der Waals surface area contributed by atoms with Gasteiger partial charge in [0.15, 0.2) is 0 Å². The van der Waals surface area contributed by atoms with Crippen molar-refractivity contribution in [2.24, 2.45) is 11.7 Å². The second kappa shape index (κ2) is 6.09. The highest BCUT2D eigenvalue weighted by Crippen LogP contribution is 2.23. The summed E-state index contributed by atoms with van der Waals surface area (Å²) in [7, 11) is 2.10. The molecule has 5 nitrogen and oxygen atoms in total. The average Bonchev–Trinajstić information content (AvgIpc) is 2.39. The van der Waals surface area contributed by atoms with Gasteiger partial charge in [-0.3, -0.25) is 4.79 Å². The van der Waals surface area contributed by atoms with E-state index in [-0.39, 0.29) is 16.9 Å². The third-order valence-electron chi connectivity index (χ3n) is 3.82. The molecule has 110 valence electrons. The van der Waals surface area contributed by atoms with Gasteiger partial charge >= 0.3 is 0 Å². The van der Waals surface area contributed by atoms with E-state index in [1.807, 2.05) is 0 Å². The number of carbonyl (C=O) groups is 1. The minimum Gasteiger partial charge on any atom is -0.398 e. The van der Waals surface area contributed by atoms with Gasteiger partial charge in [-0.2, -0.15) is 0 Å². The Hall–Kier alpha value is -1.82. The van der Waals surface area contributed by atoms with Crippen LogP contribution in [0.15, 0.2) is 12.1 Å². The van der Waals surface area contributed by atoms with Gasteiger partial charge in [0.05, 0.1) is 11.3 Å². The van der Waals surface area contributed by atoms with Crippen LogP contribution in [-0.4, -0.2) is 37.5 Å². The molecular formula is C14H21FN4O. The van der Waals surface area contributed by atoms with E-state index >= 15 is 0 Å². The first-order valence-electron chi connectivity index (χ1n) is 6.78. The van der Waals surface area contributed by atoms with E-state index < -0.39 is 11.7 Å². The molecule has 1 aromatic rings. The Kier molecular flexibility index (Phi) is 4.44. The van der Waals surface area contributed by atoms with Gasteiger partial charge in [0.2, 0.25) is 0 Å². The summed E-state index contributed by atoms with van der Waals surface area (Å²) in [6, 6.07) is 2.53. The van der Waals surface area contributed by atoms with Gasteiger partial charge in [0.25, 0.3) is 5.91 Å². The molecule has 0 bridgehead atoms. The Labute approximate surface area is 118 Å². The zero-order valence-corrected chi connectivity index (χ0v) is 11.7. The molecule has 20 heavy (non-hydrogen) atoms. The SMILES string of the molecule is CN1CCC(CNc2cc(C(N)=O)c(N)cc2F)CC1. The maximum absolute atomic E-state index is 13.8. The minimum absolute atomic E-state index is 0.0693. The van der Waals surface area contributed by atoms with Gasteiger partial charge in [-0.15, -0.1) is 0 Å². The number of nitrogens with zero attached hydrogens (tertiary/aromatic N) is 1. The second-order valence-corrected chi connectivity index (χ2v) is 5.41. The molecule has 0 aliphatic carbocycles. The number of halogens is 1. The number of amides is 1. The van der Waals surface area contributed by atoms with Crippen molar-refractivity contribution in [1.29, 1.82) is 0 Å². The molecule has 1 fully saturated rings. The monoisotopic (exact) mass is 280 g/mol. The molecule has 1 amide bonds. The van der Waals surface area contributed by atoms with Crippen molar-refractivity contribution in [3.63, 3.8) is 0 Å². The number of anilines is 2. The van der Waals surface area contributed by atoms with Gasteiger partial charge in [-0.25, -0.2) is 4.39 Å². The fourth-order valence-corrected chi connectivity index (χ4v) is 2.46. The van der Waals surface area contributed by atoms with Gasteiger partial charge < -0.3 is 21.7 Å². The van der Waals surface area contributed by atoms with Crippen LogP contribution in [0, 0.1) is 11.7 Å². The summed E-state index contributed by atoms with van der Waals surface area (Å²) in [4.78, 5) is 13.5. The molecule has 5 N–H and O–H groups in total. The van der Waals surface area contributed by atoms with Crippen molar-refractivity contribution in [1.82, 2.24) is 4.90 Å². The number of hydrogen-bond donors (Lipinski definition) is 3. The molecule has 6 heteroatoms. The van der Waals surface area contributed by atoms with Gasteiger partial charge in [-0.1, -0.05) is 0 Å². The third kappa shape index (κ3) is 3.39. The fourth-order valence-electron chi connectivity index (χ4n) is 2.46. The summed E-state index contributed by atoms with van der Waals surface area (Å²) in [5, 5.41) is 3.06. The standard InChI is InChI=1S/C14H21FN4O/c1-19-4-2-9(3-5-19)8-18-13-6-10(14(17)20)12(16)7-11(13)15/h6-7,9,18H,2-5,8,16H2,1H3,(H2,17,20). The summed E-state index contributed by atoms with van der Waals surface area (Å²) in [6.07, 6.45) is 2.17. The Morgan fingerprint density at radius 3 is 2.70 bits per heavy atom. The molecule has 0 unspecified atom stereocenters. The first kappa shape index (κ1) is 14.6. The number of hydrogen-bond acceptors (Lipinski definition) is 4. The van der Waals surface area contributed by atoms with Crippen LogP contribution in [0.3, 0.4) is 0 Å². The van der Waals surface area contributed by atoms with Crippen molar-refractivity contribution in [3.05, 3.63) is 23.5 Å².